The van der Waals surface area contributed by atoms with E-state index in [1.807, 2.05) is 6.92 Å². The van der Waals surface area contributed by atoms with Crippen LogP contribution in [0.15, 0.2) is 0 Å². The Morgan fingerprint density at radius 2 is 2.47 bits per heavy atom. The molecule has 1 amide bonds. The number of nitrogen functional groups attached to an aromatic ring is 1. The first-order chi connectivity index (χ1) is 7.13. The fourth-order valence-corrected chi connectivity index (χ4v) is 1.93. The molecule has 15 heavy (non-hydrogen) atoms. The number of carbonyl (C=O) groups excluding carboxylic acids is 1. The lowest BCUT2D eigenvalue weighted by Gasteiger charge is -2.13. The molecule has 1 unspecified atom stereocenters. The molecule has 1 fully saturated rings. The van der Waals surface area contributed by atoms with E-state index in [0.717, 1.165) is 5.69 Å². The van der Waals surface area contributed by atoms with E-state index < -0.39 is 0 Å². The van der Waals surface area contributed by atoms with Gasteiger partial charge < -0.3 is 5.73 Å². The standard InChI is InChI=1S/C9H13ClN4O/c1-5-8(11)9(13-12-5)14-4-6(3-10)2-7(14)15/h6H,2-4,11H2,1H3,(H,12,13). The molecule has 2 rings (SSSR count). The van der Waals surface area contributed by atoms with E-state index in [-0.39, 0.29) is 11.8 Å². The number of amides is 1. The fraction of sp³-hybridized carbons (Fsp3) is 0.556. The summed E-state index contributed by atoms with van der Waals surface area (Å²) in [6, 6.07) is 0. The first-order valence-electron chi connectivity index (χ1n) is 4.80. The smallest absolute Gasteiger partial charge is 0.228 e. The average Bonchev–Trinajstić information content (AvgIpc) is 2.73. The summed E-state index contributed by atoms with van der Waals surface area (Å²) in [6.07, 6.45) is 0.481. The maximum absolute atomic E-state index is 11.7. The van der Waals surface area contributed by atoms with Crippen molar-refractivity contribution in [2.75, 3.05) is 23.1 Å². The van der Waals surface area contributed by atoms with Gasteiger partial charge in [-0.15, -0.1) is 11.6 Å². The Morgan fingerprint density at radius 3 is 2.93 bits per heavy atom. The van der Waals surface area contributed by atoms with Crippen LogP contribution in [0.2, 0.25) is 0 Å². The monoisotopic (exact) mass is 228 g/mol. The summed E-state index contributed by atoms with van der Waals surface area (Å²) in [4.78, 5) is 13.3. The maximum Gasteiger partial charge on any atom is 0.228 e. The summed E-state index contributed by atoms with van der Waals surface area (Å²) in [7, 11) is 0. The van der Waals surface area contributed by atoms with Crippen LogP contribution in [0.25, 0.3) is 0 Å². The molecule has 1 aliphatic heterocycles. The number of rotatable bonds is 2. The maximum atomic E-state index is 11.7. The number of aromatic nitrogens is 2. The van der Waals surface area contributed by atoms with E-state index >= 15 is 0 Å². The number of halogens is 1. The van der Waals surface area contributed by atoms with E-state index in [1.54, 1.807) is 4.90 Å². The molecule has 0 bridgehead atoms. The number of carbonyl (C=O) groups is 1. The number of nitrogens with zero attached hydrogens (tertiary/aromatic N) is 2. The molecule has 2 heterocycles. The van der Waals surface area contributed by atoms with E-state index in [4.69, 9.17) is 17.3 Å². The van der Waals surface area contributed by atoms with Crippen LogP contribution in [0.5, 0.6) is 0 Å². The zero-order valence-electron chi connectivity index (χ0n) is 8.46. The van der Waals surface area contributed by atoms with Gasteiger partial charge in [0.15, 0.2) is 5.82 Å². The molecule has 1 aromatic heterocycles. The lowest BCUT2D eigenvalue weighted by molar-refractivity contribution is -0.117. The van der Waals surface area contributed by atoms with Gasteiger partial charge in [0.1, 0.15) is 0 Å². The number of nitrogens with two attached hydrogens (primary N) is 1. The average molecular weight is 229 g/mol. The molecule has 6 heteroatoms. The molecule has 0 aliphatic carbocycles. The minimum Gasteiger partial charge on any atom is -0.394 e. The zero-order valence-corrected chi connectivity index (χ0v) is 9.21. The van der Waals surface area contributed by atoms with Crippen LogP contribution in [0.1, 0.15) is 12.1 Å². The summed E-state index contributed by atoms with van der Waals surface area (Å²) in [6.45, 7) is 2.43. The van der Waals surface area contributed by atoms with E-state index in [9.17, 15) is 4.79 Å². The third kappa shape index (κ3) is 1.67. The number of anilines is 2. The highest BCUT2D eigenvalue weighted by molar-refractivity contribution is 6.18. The third-order valence-electron chi connectivity index (χ3n) is 2.65. The zero-order chi connectivity index (χ0) is 11.0. The second kappa shape index (κ2) is 3.73. The van der Waals surface area contributed by atoms with Crippen molar-refractivity contribution in [3.63, 3.8) is 0 Å². The minimum absolute atomic E-state index is 0.0406. The van der Waals surface area contributed by atoms with Crippen LogP contribution in [0, 0.1) is 12.8 Å². The van der Waals surface area contributed by atoms with E-state index in [2.05, 4.69) is 10.2 Å². The van der Waals surface area contributed by atoms with Gasteiger partial charge in [-0.25, -0.2) is 0 Å². The van der Waals surface area contributed by atoms with Crippen LogP contribution >= 0.6 is 11.6 Å². The van der Waals surface area contributed by atoms with Gasteiger partial charge >= 0.3 is 0 Å². The molecule has 0 saturated carbocycles. The van der Waals surface area contributed by atoms with Crippen molar-refractivity contribution >= 4 is 29.0 Å². The summed E-state index contributed by atoms with van der Waals surface area (Å²) in [5, 5.41) is 6.79. The molecule has 1 aliphatic rings. The predicted molar refractivity (Wildman–Crippen MR) is 58.9 cm³/mol. The molecule has 1 saturated heterocycles. The number of aryl methyl sites for hydroxylation is 1. The molecule has 82 valence electrons. The topological polar surface area (TPSA) is 75.0 Å². The first kappa shape index (κ1) is 10.3. The van der Waals surface area contributed by atoms with Gasteiger partial charge in [-0.2, -0.15) is 5.10 Å². The Labute approximate surface area is 92.6 Å². The minimum atomic E-state index is 0.0406. The first-order valence-corrected chi connectivity index (χ1v) is 5.33. The summed E-state index contributed by atoms with van der Waals surface area (Å²) < 4.78 is 0. The molecule has 1 aromatic rings. The highest BCUT2D eigenvalue weighted by Crippen LogP contribution is 2.29. The van der Waals surface area contributed by atoms with Crippen LogP contribution in [0.3, 0.4) is 0 Å². The van der Waals surface area contributed by atoms with Gasteiger partial charge in [0.05, 0.1) is 11.4 Å². The Morgan fingerprint density at radius 1 is 1.73 bits per heavy atom. The molecular weight excluding hydrogens is 216 g/mol. The van der Waals surface area contributed by atoms with Gasteiger partial charge in [0.2, 0.25) is 5.91 Å². The van der Waals surface area contributed by atoms with Crippen LogP contribution in [-0.4, -0.2) is 28.5 Å². The van der Waals surface area contributed by atoms with Crippen molar-refractivity contribution in [2.24, 2.45) is 5.92 Å². The number of H-pyrrole nitrogens is 1. The van der Waals surface area contributed by atoms with Crippen molar-refractivity contribution in [2.45, 2.75) is 13.3 Å². The van der Waals surface area contributed by atoms with Gasteiger partial charge in [0, 0.05) is 18.8 Å². The summed E-state index contributed by atoms with van der Waals surface area (Å²) in [5.74, 6) is 1.27. The van der Waals surface area contributed by atoms with Crippen LogP contribution < -0.4 is 10.6 Å². The highest BCUT2D eigenvalue weighted by Gasteiger charge is 2.32. The highest BCUT2D eigenvalue weighted by atomic mass is 35.5. The van der Waals surface area contributed by atoms with Crippen molar-refractivity contribution < 1.29 is 4.79 Å². The molecule has 5 nitrogen and oxygen atoms in total. The van der Waals surface area contributed by atoms with Gasteiger partial charge in [-0.3, -0.25) is 14.8 Å². The summed E-state index contributed by atoms with van der Waals surface area (Å²) >= 11 is 5.73. The Kier molecular flexibility index (Phi) is 2.56. The number of aromatic amines is 1. The molecular formula is C9H13ClN4O. The number of hydrogen-bond donors (Lipinski definition) is 2. The quantitative estimate of drug-likeness (QED) is 0.739. The molecule has 3 N–H and O–H groups in total. The Hall–Kier alpha value is -1.23. The molecule has 0 radical (unpaired) electrons. The predicted octanol–water partition coefficient (Wildman–Crippen LogP) is 0.892. The second-order valence-corrected chi connectivity index (χ2v) is 4.12. The summed E-state index contributed by atoms with van der Waals surface area (Å²) in [5.41, 5.74) is 7.14. The van der Waals surface area contributed by atoms with Crippen molar-refractivity contribution in [1.29, 1.82) is 0 Å². The molecule has 0 spiro atoms. The lowest BCUT2D eigenvalue weighted by atomic mass is 10.1. The van der Waals surface area contributed by atoms with Crippen LogP contribution in [0.4, 0.5) is 11.5 Å². The lowest BCUT2D eigenvalue weighted by Crippen LogP contribution is -2.25. The number of nitrogens with one attached hydrogen (secondary N) is 1. The van der Waals surface area contributed by atoms with Crippen molar-refractivity contribution in [1.82, 2.24) is 10.2 Å². The van der Waals surface area contributed by atoms with Gasteiger partial charge in [-0.05, 0) is 12.8 Å². The van der Waals surface area contributed by atoms with Gasteiger partial charge in [-0.1, -0.05) is 0 Å². The Bertz CT molecular complexity index is 389. The second-order valence-electron chi connectivity index (χ2n) is 3.81. The SMILES string of the molecule is Cc1[nH]nc(N2CC(CCl)CC2=O)c1N. The normalized spacial score (nSPS) is 21.3. The van der Waals surface area contributed by atoms with Gasteiger partial charge in [0.25, 0.3) is 0 Å². The molecule has 1 atom stereocenters. The largest absolute Gasteiger partial charge is 0.394 e. The van der Waals surface area contributed by atoms with E-state index in [0.29, 0.717) is 30.4 Å². The number of alkyl halides is 1. The van der Waals surface area contributed by atoms with Crippen molar-refractivity contribution in [3.05, 3.63) is 5.69 Å². The number of hydrogen-bond acceptors (Lipinski definition) is 3. The molecule has 0 aromatic carbocycles. The van der Waals surface area contributed by atoms with Crippen molar-refractivity contribution in [3.8, 4) is 0 Å². The fourth-order valence-electron chi connectivity index (χ4n) is 1.72. The third-order valence-corrected chi connectivity index (χ3v) is 3.09. The Balaban J connectivity index is 2.25. The van der Waals surface area contributed by atoms with E-state index in [1.165, 1.54) is 0 Å². The van der Waals surface area contributed by atoms with Crippen LogP contribution in [-0.2, 0) is 4.79 Å².